The summed E-state index contributed by atoms with van der Waals surface area (Å²) in [5, 5.41) is 1.90. The summed E-state index contributed by atoms with van der Waals surface area (Å²) in [6, 6.07) is 6.44. The summed E-state index contributed by atoms with van der Waals surface area (Å²) in [6.45, 7) is 1.79. The van der Waals surface area contributed by atoms with Crippen LogP contribution in [0, 0.1) is 0 Å². The Balaban J connectivity index is 2.28. The molecule has 1 atom stereocenters. The van der Waals surface area contributed by atoms with Crippen LogP contribution in [0.15, 0.2) is 40.7 Å². The van der Waals surface area contributed by atoms with Crippen molar-refractivity contribution >= 4 is 27.2 Å². The second-order valence-electron chi connectivity index (χ2n) is 3.85. The first-order valence-corrected chi connectivity index (χ1v) is 7.88. The molecule has 102 valence electrons. The summed E-state index contributed by atoms with van der Waals surface area (Å²) >= 11 is 1.49. The highest BCUT2D eigenvalue weighted by Crippen LogP contribution is 2.23. The van der Waals surface area contributed by atoms with E-state index in [9.17, 15) is 8.42 Å². The highest BCUT2D eigenvalue weighted by molar-refractivity contribution is 7.89. The molecule has 0 aliphatic heterocycles. The number of hydrazine groups is 1. The molecule has 2 aromatic heterocycles. The van der Waals surface area contributed by atoms with Gasteiger partial charge in [-0.25, -0.2) is 24.0 Å². The fourth-order valence-electron chi connectivity index (χ4n) is 1.61. The number of nitrogens with zero attached hydrogens (tertiary/aromatic N) is 1. The van der Waals surface area contributed by atoms with Crippen LogP contribution in [0.25, 0.3) is 0 Å². The van der Waals surface area contributed by atoms with E-state index in [1.165, 1.54) is 23.6 Å². The predicted molar refractivity (Wildman–Crippen MR) is 75.1 cm³/mol. The molecule has 0 amide bonds. The number of nitrogens with one attached hydrogen (secondary N) is 2. The fourth-order valence-corrected chi connectivity index (χ4v) is 3.76. The minimum Gasteiger partial charge on any atom is -0.307 e. The van der Waals surface area contributed by atoms with Crippen LogP contribution in [0.5, 0.6) is 0 Å². The van der Waals surface area contributed by atoms with Gasteiger partial charge in [-0.3, -0.25) is 0 Å². The van der Waals surface area contributed by atoms with Crippen molar-refractivity contribution in [1.82, 2.24) is 9.71 Å². The third-order valence-electron chi connectivity index (χ3n) is 2.50. The molecule has 2 heterocycles. The first kappa shape index (κ1) is 13.9. The first-order chi connectivity index (χ1) is 9.04. The lowest BCUT2D eigenvalue weighted by molar-refractivity contribution is 0.568. The van der Waals surface area contributed by atoms with Crippen LogP contribution in [0.4, 0.5) is 5.82 Å². The summed E-state index contributed by atoms with van der Waals surface area (Å²) in [5.41, 5.74) is 2.28. The standard InChI is InChI=1S/C11H14N4O2S2/c1-8(9-4-3-7-18-9)15-19(16,17)10-5-2-6-13-11(10)14-12/h2-8,15H,12H2,1H3,(H,13,14). The maximum atomic E-state index is 12.3. The largest absolute Gasteiger partial charge is 0.307 e. The number of aromatic nitrogens is 1. The normalized spacial score (nSPS) is 13.2. The van der Waals surface area contributed by atoms with Gasteiger partial charge in [-0.05, 0) is 30.5 Å². The number of thiophene rings is 1. The summed E-state index contributed by atoms with van der Waals surface area (Å²) in [5.74, 6) is 5.39. The molecular weight excluding hydrogens is 284 g/mol. The molecule has 0 bridgehead atoms. The van der Waals surface area contributed by atoms with Crippen molar-refractivity contribution in [2.45, 2.75) is 17.9 Å². The van der Waals surface area contributed by atoms with Crippen molar-refractivity contribution in [3.05, 3.63) is 40.7 Å². The minimum atomic E-state index is -3.68. The van der Waals surface area contributed by atoms with Crippen LogP contribution in [-0.4, -0.2) is 13.4 Å². The number of rotatable bonds is 5. The van der Waals surface area contributed by atoms with E-state index in [2.05, 4.69) is 15.1 Å². The molecule has 0 saturated heterocycles. The van der Waals surface area contributed by atoms with Crippen molar-refractivity contribution in [3.63, 3.8) is 0 Å². The van der Waals surface area contributed by atoms with Gasteiger partial charge in [0.15, 0.2) is 5.82 Å². The fraction of sp³-hybridized carbons (Fsp3) is 0.182. The van der Waals surface area contributed by atoms with Gasteiger partial charge in [-0.2, -0.15) is 0 Å². The molecule has 0 spiro atoms. The van der Waals surface area contributed by atoms with Crippen LogP contribution in [0.1, 0.15) is 17.8 Å². The van der Waals surface area contributed by atoms with E-state index in [-0.39, 0.29) is 16.8 Å². The molecule has 0 aliphatic rings. The number of anilines is 1. The summed E-state index contributed by atoms with van der Waals surface area (Å²) in [4.78, 5) is 4.85. The SMILES string of the molecule is CC(NS(=O)(=O)c1cccnc1NN)c1cccs1. The minimum absolute atomic E-state index is 0.0286. The molecule has 0 saturated carbocycles. The Hall–Kier alpha value is -1.48. The third kappa shape index (κ3) is 3.10. The smallest absolute Gasteiger partial charge is 0.244 e. The van der Waals surface area contributed by atoms with E-state index in [1.807, 2.05) is 17.5 Å². The molecule has 0 radical (unpaired) electrons. The molecule has 0 aliphatic carbocycles. The third-order valence-corrected chi connectivity index (χ3v) is 5.13. The van der Waals surface area contributed by atoms with Gasteiger partial charge in [-0.1, -0.05) is 6.07 Å². The van der Waals surface area contributed by atoms with Crippen LogP contribution in [0.3, 0.4) is 0 Å². The molecule has 0 fully saturated rings. The van der Waals surface area contributed by atoms with E-state index < -0.39 is 10.0 Å². The van der Waals surface area contributed by atoms with Gasteiger partial charge >= 0.3 is 0 Å². The van der Waals surface area contributed by atoms with E-state index in [0.717, 1.165) is 4.88 Å². The van der Waals surface area contributed by atoms with Crippen LogP contribution in [-0.2, 0) is 10.0 Å². The number of hydrogen-bond acceptors (Lipinski definition) is 6. The van der Waals surface area contributed by atoms with Crippen molar-refractivity contribution in [1.29, 1.82) is 0 Å². The molecule has 0 aromatic carbocycles. The monoisotopic (exact) mass is 298 g/mol. The number of pyridine rings is 1. The Morgan fingerprint density at radius 1 is 1.37 bits per heavy atom. The predicted octanol–water partition coefficient (Wildman–Crippen LogP) is 1.47. The molecule has 6 nitrogen and oxygen atoms in total. The van der Waals surface area contributed by atoms with E-state index in [0.29, 0.717) is 0 Å². The maximum Gasteiger partial charge on any atom is 0.244 e. The number of nitrogens with two attached hydrogens (primary N) is 1. The molecule has 2 rings (SSSR count). The molecule has 8 heteroatoms. The Morgan fingerprint density at radius 2 is 2.16 bits per heavy atom. The van der Waals surface area contributed by atoms with Crippen molar-refractivity contribution < 1.29 is 8.42 Å². The second-order valence-corrected chi connectivity index (χ2v) is 6.51. The molecule has 2 aromatic rings. The second kappa shape index (κ2) is 5.66. The summed E-state index contributed by atoms with van der Waals surface area (Å²) in [7, 11) is -3.68. The number of nitrogen functional groups attached to an aromatic ring is 1. The van der Waals surface area contributed by atoms with Gasteiger partial charge < -0.3 is 5.43 Å². The van der Waals surface area contributed by atoms with Gasteiger partial charge in [0.2, 0.25) is 10.0 Å². The van der Waals surface area contributed by atoms with Gasteiger partial charge in [0.05, 0.1) is 6.04 Å². The highest BCUT2D eigenvalue weighted by atomic mass is 32.2. The summed E-state index contributed by atoms with van der Waals surface area (Å²) in [6.07, 6.45) is 1.47. The lowest BCUT2D eigenvalue weighted by Crippen LogP contribution is -2.28. The van der Waals surface area contributed by atoms with Crippen molar-refractivity contribution in [3.8, 4) is 0 Å². The number of hydrogen-bond donors (Lipinski definition) is 3. The molecular formula is C11H14N4O2S2. The van der Waals surface area contributed by atoms with E-state index in [4.69, 9.17) is 5.84 Å². The average Bonchev–Trinajstić information content (AvgIpc) is 2.92. The van der Waals surface area contributed by atoms with Crippen LogP contribution < -0.4 is 16.0 Å². The van der Waals surface area contributed by atoms with E-state index in [1.54, 1.807) is 13.0 Å². The van der Waals surface area contributed by atoms with Gasteiger partial charge in [0.25, 0.3) is 0 Å². The quantitative estimate of drug-likeness (QED) is 0.573. The first-order valence-electron chi connectivity index (χ1n) is 5.52. The van der Waals surface area contributed by atoms with Crippen molar-refractivity contribution in [2.75, 3.05) is 5.43 Å². The zero-order valence-electron chi connectivity index (χ0n) is 10.2. The topological polar surface area (TPSA) is 97.1 Å². The van der Waals surface area contributed by atoms with Crippen molar-refractivity contribution in [2.24, 2.45) is 5.84 Å². The Morgan fingerprint density at radius 3 is 2.79 bits per heavy atom. The Bertz CT molecular complexity index is 640. The molecule has 4 N–H and O–H groups in total. The number of sulfonamides is 1. The lowest BCUT2D eigenvalue weighted by atomic mass is 10.3. The molecule has 1 unspecified atom stereocenters. The van der Waals surface area contributed by atoms with Gasteiger partial charge in [-0.15, -0.1) is 11.3 Å². The van der Waals surface area contributed by atoms with Gasteiger partial charge in [0, 0.05) is 11.1 Å². The van der Waals surface area contributed by atoms with Crippen LogP contribution >= 0.6 is 11.3 Å². The zero-order valence-corrected chi connectivity index (χ0v) is 11.8. The highest BCUT2D eigenvalue weighted by Gasteiger charge is 2.22. The Labute approximate surface area is 115 Å². The average molecular weight is 298 g/mol. The molecule has 19 heavy (non-hydrogen) atoms. The van der Waals surface area contributed by atoms with Gasteiger partial charge in [0.1, 0.15) is 4.90 Å². The lowest BCUT2D eigenvalue weighted by Gasteiger charge is -2.14. The zero-order chi connectivity index (χ0) is 13.9. The maximum absolute atomic E-state index is 12.3. The summed E-state index contributed by atoms with van der Waals surface area (Å²) < 4.78 is 27.1. The van der Waals surface area contributed by atoms with Crippen LogP contribution in [0.2, 0.25) is 0 Å². The van der Waals surface area contributed by atoms with E-state index >= 15 is 0 Å². The Kier molecular flexibility index (Phi) is 4.15.